The third kappa shape index (κ3) is 2.08. The SMILES string of the molecule is CC(C)(C)CC1OCC2(CC2)NC1=O. The highest BCUT2D eigenvalue weighted by Crippen LogP contribution is 2.39. The first-order chi connectivity index (χ1) is 6.40. The molecule has 2 rings (SSSR count). The zero-order valence-corrected chi connectivity index (χ0v) is 9.22. The van der Waals surface area contributed by atoms with Crippen LogP contribution in [0.5, 0.6) is 0 Å². The number of carbonyl (C=O) groups is 1. The Balaban J connectivity index is 1.92. The zero-order valence-electron chi connectivity index (χ0n) is 9.22. The van der Waals surface area contributed by atoms with Gasteiger partial charge in [-0.05, 0) is 24.7 Å². The highest BCUT2D eigenvalue weighted by Gasteiger charge is 2.49. The molecule has 1 aliphatic heterocycles. The summed E-state index contributed by atoms with van der Waals surface area (Å²) < 4.78 is 5.63. The largest absolute Gasteiger partial charge is 0.366 e. The third-order valence-electron chi connectivity index (χ3n) is 2.89. The maximum atomic E-state index is 11.7. The zero-order chi connectivity index (χ0) is 10.4. The molecule has 2 fully saturated rings. The maximum absolute atomic E-state index is 11.7. The quantitative estimate of drug-likeness (QED) is 0.691. The van der Waals surface area contributed by atoms with Crippen molar-refractivity contribution >= 4 is 5.91 Å². The number of hydrogen-bond donors (Lipinski definition) is 1. The lowest BCUT2D eigenvalue weighted by Gasteiger charge is -2.33. The number of hydrogen-bond acceptors (Lipinski definition) is 2. The highest BCUT2D eigenvalue weighted by atomic mass is 16.5. The van der Waals surface area contributed by atoms with Crippen LogP contribution in [-0.4, -0.2) is 24.2 Å². The summed E-state index contributed by atoms with van der Waals surface area (Å²) >= 11 is 0. The Kier molecular flexibility index (Phi) is 2.11. The Morgan fingerprint density at radius 1 is 1.50 bits per heavy atom. The van der Waals surface area contributed by atoms with Gasteiger partial charge in [0.15, 0.2) is 0 Å². The summed E-state index contributed by atoms with van der Waals surface area (Å²) in [5, 5.41) is 3.08. The van der Waals surface area contributed by atoms with Crippen LogP contribution in [0.4, 0.5) is 0 Å². The van der Waals surface area contributed by atoms with Crippen LogP contribution in [0.2, 0.25) is 0 Å². The van der Waals surface area contributed by atoms with Crippen LogP contribution in [-0.2, 0) is 9.53 Å². The molecule has 3 heteroatoms. The Bertz CT molecular complexity index is 251. The number of nitrogens with one attached hydrogen (secondary N) is 1. The molecule has 0 aromatic heterocycles. The second-order valence-electron chi connectivity index (χ2n) is 5.83. The summed E-state index contributed by atoms with van der Waals surface area (Å²) in [6.45, 7) is 7.10. The Morgan fingerprint density at radius 3 is 2.57 bits per heavy atom. The van der Waals surface area contributed by atoms with Gasteiger partial charge in [0.05, 0.1) is 12.1 Å². The number of ether oxygens (including phenoxy) is 1. The summed E-state index contributed by atoms with van der Waals surface area (Å²) in [4.78, 5) is 11.7. The summed E-state index contributed by atoms with van der Waals surface area (Å²) in [7, 11) is 0. The molecule has 1 saturated carbocycles. The molecule has 1 atom stereocenters. The van der Waals surface area contributed by atoms with Crippen molar-refractivity contribution in [3.8, 4) is 0 Å². The van der Waals surface area contributed by atoms with E-state index in [-0.39, 0.29) is 23.0 Å². The van der Waals surface area contributed by atoms with E-state index < -0.39 is 0 Å². The Labute approximate surface area is 85.2 Å². The first-order valence-corrected chi connectivity index (χ1v) is 5.34. The van der Waals surface area contributed by atoms with Gasteiger partial charge in [0, 0.05) is 0 Å². The van der Waals surface area contributed by atoms with Gasteiger partial charge in [0.25, 0.3) is 0 Å². The second-order valence-corrected chi connectivity index (χ2v) is 5.83. The first kappa shape index (κ1) is 9.97. The van der Waals surface area contributed by atoms with E-state index >= 15 is 0 Å². The van der Waals surface area contributed by atoms with Crippen molar-refractivity contribution in [2.75, 3.05) is 6.61 Å². The molecule has 0 bridgehead atoms. The van der Waals surface area contributed by atoms with Gasteiger partial charge in [0.2, 0.25) is 5.91 Å². The predicted molar refractivity (Wildman–Crippen MR) is 53.9 cm³/mol. The minimum atomic E-state index is -0.235. The minimum Gasteiger partial charge on any atom is -0.366 e. The van der Waals surface area contributed by atoms with Crippen molar-refractivity contribution in [3.05, 3.63) is 0 Å². The van der Waals surface area contributed by atoms with E-state index in [4.69, 9.17) is 4.74 Å². The number of carbonyl (C=O) groups excluding carboxylic acids is 1. The van der Waals surface area contributed by atoms with Gasteiger partial charge in [-0.1, -0.05) is 20.8 Å². The van der Waals surface area contributed by atoms with E-state index in [1.54, 1.807) is 0 Å². The van der Waals surface area contributed by atoms with Gasteiger partial charge in [-0.25, -0.2) is 0 Å². The molecular weight excluding hydrogens is 178 g/mol. The average molecular weight is 197 g/mol. The van der Waals surface area contributed by atoms with Crippen LogP contribution in [0, 0.1) is 5.41 Å². The van der Waals surface area contributed by atoms with E-state index in [1.165, 1.54) is 0 Å². The molecule has 0 radical (unpaired) electrons. The van der Waals surface area contributed by atoms with Crippen molar-refractivity contribution in [3.63, 3.8) is 0 Å². The van der Waals surface area contributed by atoms with Crippen molar-refractivity contribution in [2.24, 2.45) is 5.41 Å². The second kappa shape index (κ2) is 2.96. The van der Waals surface area contributed by atoms with E-state index in [2.05, 4.69) is 26.1 Å². The van der Waals surface area contributed by atoms with Gasteiger partial charge in [-0.2, -0.15) is 0 Å². The number of amides is 1. The molecule has 80 valence electrons. The molecule has 0 aromatic carbocycles. The molecule has 1 amide bonds. The van der Waals surface area contributed by atoms with Crippen LogP contribution in [0.25, 0.3) is 0 Å². The Morgan fingerprint density at radius 2 is 2.14 bits per heavy atom. The van der Waals surface area contributed by atoms with Gasteiger partial charge >= 0.3 is 0 Å². The lowest BCUT2D eigenvalue weighted by atomic mass is 9.88. The lowest BCUT2D eigenvalue weighted by Crippen LogP contribution is -2.53. The molecule has 2 aliphatic rings. The van der Waals surface area contributed by atoms with E-state index in [1.807, 2.05) is 0 Å². The van der Waals surface area contributed by atoms with Gasteiger partial charge < -0.3 is 10.1 Å². The molecular formula is C11H19NO2. The van der Waals surface area contributed by atoms with Gasteiger partial charge in [-0.15, -0.1) is 0 Å². The molecule has 1 unspecified atom stereocenters. The molecule has 3 nitrogen and oxygen atoms in total. The van der Waals surface area contributed by atoms with Crippen LogP contribution in [0.1, 0.15) is 40.0 Å². The first-order valence-electron chi connectivity index (χ1n) is 5.34. The maximum Gasteiger partial charge on any atom is 0.249 e. The van der Waals surface area contributed by atoms with Crippen molar-refractivity contribution in [1.29, 1.82) is 0 Å². The summed E-state index contributed by atoms with van der Waals surface area (Å²) in [6, 6.07) is 0. The van der Waals surface area contributed by atoms with Crippen LogP contribution in [0.3, 0.4) is 0 Å². The van der Waals surface area contributed by atoms with Crippen LogP contribution >= 0.6 is 0 Å². The average Bonchev–Trinajstić information content (AvgIpc) is 2.75. The fourth-order valence-electron chi connectivity index (χ4n) is 1.84. The molecule has 1 N–H and O–H groups in total. The molecule has 1 heterocycles. The standard InChI is InChI=1S/C11H19NO2/c1-10(2,3)6-8-9(13)12-11(4-5-11)7-14-8/h8H,4-7H2,1-3H3,(H,12,13). The fourth-order valence-corrected chi connectivity index (χ4v) is 1.84. The van der Waals surface area contributed by atoms with Crippen molar-refractivity contribution < 1.29 is 9.53 Å². The fraction of sp³-hybridized carbons (Fsp3) is 0.909. The van der Waals surface area contributed by atoms with Crippen LogP contribution < -0.4 is 5.32 Å². The predicted octanol–water partition coefficient (Wildman–Crippen LogP) is 1.47. The van der Waals surface area contributed by atoms with Crippen LogP contribution in [0.15, 0.2) is 0 Å². The molecule has 1 saturated heterocycles. The minimum absolute atomic E-state index is 0.0332. The summed E-state index contributed by atoms with van der Waals surface area (Å²) in [5.74, 6) is 0.0867. The monoisotopic (exact) mass is 197 g/mol. The Hall–Kier alpha value is -0.570. The molecule has 1 aliphatic carbocycles. The third-order valence-corrected chi connectivity index (χ3v) is 2.89. The molecule has 0 aromatic rings. The van der Waals surface area contributed by atoms with Gasteiger partial charge in [-0.3, -0.25) is 4.79 Å². The normalized spacial score (nSPS) is 30.2. The molecule has 1 spiro atoms. The topological polar surface area (TPSA) is 38.3 Å². The number of rotatable bonds is 1. The lowest BCUT2D eigenvalue weighted by molar-refractivity contribution is -0.144. The van der Waals surface area contributed by atoms with Crippen molar-refractivity contribution in [1.82, 2.24) is 5.32 Å². The van der Waals surface area contributed by atoms with Crippen molar-refractivity contribution in [2.45, 2.75) is 51.7 Å². The molecule has 14 heavy (non-hydrogen) atoms. The van der Waals surface area contributed by atoms with E-state index in [0.29, 0.717) is 6.61 Å². The summed E-state index contributed by atoms with van der Waals surface area (Å²) in [6.07, 6.45) is 2.73. The highest BCUT2D eigenvalue weighted by molar-refractivity contribution is 5.82. The summed E-state index contributed by atoms with van der Waals surface area (Å²) in [5.41, 5.74) is 0.182. The van der Waals surface area contributed by atoms with E-state index in [9.17, 15) is 4.79 Å². The van der Waals surface area contributed by atoms with Gasteiger partial charge in [0.1, 0.15) is 6.10 Å². The smallest absolute Gasteiger partial charge is 0.249 e. The number of morpholine rings is 1. The van der Waals surface area contributed by atoms with E-state index in [0.717, 1.165) is 19.3 Å².